The fourth-order valence-corrected chi connectivity index (χ4v) is 1.95. The normalized spacial score (nSPS) is 10.9. The second-order valence-electron chi connectivity index (χ2n) is 4.61. The van der Waals surface area contributed by atoms with E-state index >= 15 is 0 Å². The molecule has 18 heavy (non-hydrogen) atoms. The number of nitrogen functional groups attached to an aromatic ring is 1. The van der Waals surface area contributed by atoms with Crippen molar-refractivity contribution in [2.24, 2.45) is 0 Å². The van der Waals surface area contributed by atoms with Crippen molar-refractivity contribution in [3.63, 3.8) is 0 Å². The number of hydrogen-bond acceptors (Lipinski definition) is 4. The van der Waals surface area contributed by atoms with Crippen LogP contribution in [0.2, 0.25) is 0 Å². The van der Waals surface area contributed by atoms with E-state index in [4.69, 9.17) is 5.73 Å². The number of hydrogen-bond donors (Lipinski definition) is 2. The van der Waals surface area contributed by atoms with Crippen LogP contribution in [0.4, 0.5) is 11.5 Å². The number of pyridine rings is 1. The predicted molar refractivity (Wildman–Crippen MR) is 78.9 cm³/mol. The highest BCUT2D eigenvalue weighted by molar-refractivity contribution is 5.61. The first-order chi connectivity index (χ1) is 8.67. The van der Waals surface area contributed by atoms with Crippen molar-refractivity contribution in [1.29, 1.82) is 0 Å². The van der Waals surface area contributed by atoms with Crippen LogP contribution >= 0.6 is 0 Å². The minimum absolute atomic E-state index is 0.735. The maximum Gasteiger partial charge on any atom is 0.149 e. The van der Waals surface area contributed by atoms with Gasteiger partial charge in [0.25, 0.3) is 0 Å². The first-order valence-corrected chi connectivity index (χ1v) is 6.85. The number of unbranched alkanes of at least 4 members (excludes halogenated alkanes) is 1. The molecule has 0 saturated heterocycles. The summed E-state index contributed by atoms with van der Waals surface area (Å²) in [4.78, 5) is 6.74. The molecule has 0 saturated carbocycles. The Morgan fingerprint density at radius 3 is 2.61 bits per heavy atom. The van der Waals surface area contributed by atoms with Gasteiger partial charge in [0.1, 0.15) is 5.82 Å². The standard InChI is InChI=1S/C14H26N4/c1-4-18(5-2)9-7-6-8-16-14-13(15)10-12(3)11-17-14/h10-11H,4-9,15H2,1-3H3,(H,16,17). The summed E-state index contributed by atoms with van der Waals surface area (Å²) in [5, 5.41) is 3.30. The maximum absolute atomic E-state index is 5.89. The first-order valence-electron chi connectivity index (χ1n) is 6.85. The van der Waals surface area contributed by atoms with Gasteiger partial charge in [-0.15, -0.1) is 0 Å². The Hall–Kier alpha value is -1.29. The van der Waals surface area contributed by atoms with Crippen molar-refractivity contribution in [2.75, 3.05) is 37.2 Å². The molecule has 1 aromatic heterocycles. The van der Waals surface area contributed by atoms with Gasteiger partial charge in [-0.3, -0.25) is 0 Å². The van der Waals surface area contributed by atoms with E-state index in [0.717, 1.165) is 43.1 Å². The number of nitrogens with two attached hydrogens (primary N) is 1. The van der Waals surface area contributed by atoms with Crippen molar-refractivity contribution in [1.82, 2.24) is 9.88 Å². The smallest absolute Gasteiger partial charge is 0.149 e. The van der Waals surface area contributed by atoms with Crippen LogP contribution in [0.15, 0.2) is 12.3 Å². The second kappa shape index (κ2) is 7.93. The third-order valence-corrected chi connectivity index (χ3v) is 3.14. The van der Waals surface area contributed by atoms with E-state index in [1.54, 1.807) is 0 Å². The minimum atomic E-state index is 0.735. The molecule has 0 aromatic carbocycles. The summed E-state index contributed by atoms with van der Waals surface area (Å²) in [6.07, 6.45) is 4.19. The van der Waals surface area contributed by atoms with Crippen LogP contribution in [0.1, 0.15) is 32.3 Å². The van der Waals surface area contributed by atoms with Gasteiger partial charge in [-0.25, -0.2) is 4.98 Å². The fraction of sp³-hybridized carbons (Fsp3) is 0.643. The lowest BCUT2D eigenvalue weighted by atomic mass is 10.2. The highest BCUT2D eigenvalue weighted by Crippen LogP contribution is 2.15. The Labute approximate surface area is 111 Å². The number of rotatable bonds is 8. The molecule has 0 amide bonds. The van der Waals surface area contributed by atoms with Crippen molar-refractivity contribution >= 4 is 11.5 Å². The molecule has 0 bridgehead atoms. The van der Waals surface area contributed by atoms with Crippen molar-refractivity contribution in [3.8, 4) is 0 Å². The van der Waals surface area contributed by atoms with Crippen LogP contribution in [0.3, 0.4) is 0 Å². The van der Waals surface area contributed by atoms with Gasteiger partial charge in [0.05, 0.1) is 5.69 Å². The largest absolute Gasteiger partial charge is 0.396 e. The average Bonchev–Trinajstić information content (AvgIpc) is 2.36. The molecule has 1 aromatic rings. The van der Waals surface area contributed by atoms with Gasteiger partial charge in [0.2, 0.25) is 0 Å². The molecule has 0 unspecified atom stereocenters. The van der Waals surface area contributed by atoms with Gasteiger partial charge in [0.15, 0.2) is 0 Å². The molecule has 3 N–H and O–H groups in total. The van der Waals surface area contributed by atoms with E-state index in [1.165, 1.54) is 13.0 Å². The summed E-state index contributed by atoms with van der Waals surface area (Å²) in [6, 6.07) is 1.95. The van der Waals surface area contributed by atoms with E-state index in [-0.39, 0.29) is 0 Å². The lowest BCUT2D eigenvalue weighted by molar-refractivity contribution is 0.298. The topological polar surface area (TPSA) is 54.2 Å². The predicted octanol–water partition coefficient (Wildman–Crippen LogP) is 2.51. The van der Waals surface area contributed by atoms with Crippen LogP contribution in [0, 0.1) is 6.92 Å². The fourth-order valence-electron chi connectivity index (χ4n) is 1.95. The van der Waals surface area contributed by atoms with E-state index in [9.17, 15) is 0 Å². The average molecular weight is 250 g/mol. The van der Waals surface area contributed by atoms with Crippen molar-refractivity contribution < 1.29 is 0 Å². The third kappa shape index (κ3) is 4.92. The number of nitrogens with zero attached hydrogens (tertiary/aromatic N) is 2. The van der Waals surface area contributed by atoms with E-state index in [2.05, 4.69) is 29.0 Å². The zero-order valence-electron chi connectivity index (χ0n) is 11.9. The van der Waals surface area contributed by atoms with Gasteiger partial charge in [-0.05, 0) is 51.0 Å². The Morgan fingerprint density at radius 2 is 2.00 bits per heavy atom. The van der Waals surface area contributed by atoms with Gasteiger partial charge in [-0.1, -0.05) is 13.8 Å². The Balaban J connectivity index is 2.21. The number of anilines is 2. The minimum Gasteiger partial charge on any atom is -0.396 e. The third-order valence-electron chi connectivity index (χ3n) is 3.14. The summed E-state index contributed by atoms with van der Waals surface area (Å²) in [5.74, 6) is 0.809. The molecule has 0 radical (unpaired) electrons. The Bertz CT molecular complexity index is 348. The molecule has 0 aliphatic rings. The van der Waals surface area contributed by atoms with Gasteiger partial charge in [-0.2, -0.15) is 0 Å². The molecule has 4 heteroatoms. The quantitative estimate of drug-likeness (QED) is 0.696. The monoisotopic (exact) mass is 250 g/mol. The second-order valence-corrected chi connectivity index (χ2v) is 4.61. The highest BCUT2D eigenvalue weighted by Gasteiger charge is 2.01. The summed E-state index contributed by atoms with van der Waals surface area (Å²) in [6.45, 7) is 10.8. The molecule has 4 nitrogen and oxygen atoms in total. The van der Waals surface area contributed by atoms with Crippen LogP contribution in [-0.2, 0) is 0 Å². The van der Waals surface area contributed by atoms with Crippen LogP contribution in [-0.4, -0.2) is 36.1 Å². The van der Waals surface area contributed by atoms with Crippen molar-refractivity contribution in [3.05, 3.63) is 17.8 Å². The highest BCUT2D eigenvalue weighted by atomic mass is 15.1. The Kier molecular flexibility index (Phi) is 6.50. The number of aromatic nitrogens is 1. The number of aryl methyl sites for hydroxylation is 1. The molecule has 0 spiro atoms. The molecular weight excluding hydrogens is 224 g/mol. The summed E-state index contributed by atoms with van der Waals surface area (Å²) >= 11 is 0. The lowest BCUT2D eigenvalue weighted by Crippen LogP contribution is -2.24. The zero-order valence-corrected chi connectivity index (χ0v) is 11.9. The molecule has 0 aliphatic carbocycles. The maximum atomic E-state index is 5.89. The molecule has 1 heterocycles. The summed E-state index contributed by atoms with van der Waals surface area (Å²) in [7, 11) is 0. The van der Waals surface area contributed by atoms with Gasteiger partial charge < -0.3 is 16.0 Å². The lowest BCUT2D eigenvalue weighted by Gasteiger charge is -2.17. The van der Waals surface area contributed by atoms with Crippen LogP contribution < -0.4 is 11.1 Å². The zero-order chi connectivity index (χ0) is 13.4. The SMILES string of the molecule is CCN(CC)CCCCNc1ncc(C)cc1N. The molecule has 0 fully saturated rings. The van der Waals surface area contributed by atoms with Crippen LogP contribution in [0.25, 0.3) is 0 Å². The summed E-state index contributed by atoms with van der Waals surface area (Å²) < 4.78 is 0. The van der Waals surface area contributed by atoms with E-state index in [0.29, 0.717) is 0 Å². The van der Waals surface area contributed by atoms with E-state index in [1.807, 2.05) is 19.2 Å². The Morgan fingerprint density at radius 1 is 1.28 bits per heavy atom. The first kappa shape index (κ1) is 14.8. The van der Waals surface area contributed by atoms with Crippen molar-refractivity contribution in [2.45, 2.75) is 33.6 Å². The summed E-state index contributed by atoms with van der Waals surface area (Å²) in [5.41, 5.74) is 7.73. The molecular formula is C14H26N4. The molecule has 1 rings (SSSR count). The number of nitrogens with one attached hydrogen (secondary N) is 1. The van der Waals surface area contributed by atoms with Gasteiger partial charge in [0, 0.05) is 12.7 Å². The molecule has 0 atom stereocenters. The molecule has 102 valence electrons. The van der Waals surface area contributed by atoms with Crippen LogP contribution in [0.5, 0.6) is 0 Å². The van der Waals surface area contributed by atoms with Gasteiger partial charge >= 0.3 is 0 Å². The van der Waals surface area contributed by atoms with E-state index < -0.39 is 0 Å². The molecule has 0 aliphatic heterocycles.